The molecule has 2 aromatic carbocycles. The summed E-state index contributed by atoms with van der Waals surface area (Å²) in [6, 6.07) is 12.8. The SMILES string of the molecule is Nc1ccc2c(=O)n3c(nc2c1)C(=Cc1ccc(Cl)cc1)CC3. The number of anilines is 1. The number of nitrogens with zero attached hydrogens (tertiary/aromatic N) is 2. The van der Waals surface area contributed by atoms with Crippen molar-refractivity contribution in [2.45, 2.75) is 13.0 Å². The third kappa shape index (κ3) is 2.41. The van der Waals surface area contributed by atoms with Crippen LogP contribution in [-0.2, 0) is 6.54 Å². The molecular weight excluding hydrogens is 310 g/mol. The Bertz CT molecular complexity index is 1000. The van der Waals surface area contributed by atoms with Gasteiger partial charge in [0.15, 0.2) is 0 Å². The van der Waals surface area contributed by atoms with Gasteiger partial charge in [0, 0.05) is 17.3 Å². The van der Waals surface area contributed by atoms with Crippen LogP contribution in [-0.4, -0.2) is 9.55 Å². The van der Waals surface area contributed by atoms with E-state index in [4.69, 9.17) is 17.3 Å². The number of halogens is 1. The lowest BCUT2D eigenvalue weighted by molar-refractivity contribution is 0.725. The van der Waals surface area contributed by atoms with Gasteiger partial charge in [-0.05, 0) is 54.0 Å². The molecule has 1 aliphatic heterocycles. The molecule has 0 amide bonds. The molecule has 0 saturated heterocycles. The topological polar surface area (TPSA) is 60.9 Å². The van der Waals surface area contributed by atoms with E-state index in [2.05, 4.69) is 11.1 Å². The summed E-state index contributed by atoms with van der Waals surface area (Å²) in [6.45, 7) is 0.654. The van der Waals surface area contributed by atoms with E-state index in [-0.39, 0.29) is 5.56 Å². The molecule has 0 unspecified atom stereocenters. The second kappa shape index (κ2) is 5.25. The Balaban J connectivity index is 1.89. The quantitative estimate of drug-likeness (QED) is 0.696. The summed E-state index contributed by atoms with van der Waals surface area (Å²) in [7, 11) is 0. The van der Waals surface area contributed by atoms with Crippen molar-refractivity contribution in [3.63, 3.8) is 0 Å². The summed E-state index contributed by atoms with van der Waals surface area (Å²) in [4.78, 5) is 17.3. The Hall–Kier alpha value is -2.59. The zero-order valence-electron chi connectivity index (χ0n) is 12.3. The van der Waals surface area contributed by atoms with Gasteiger partial charge in [0.1, 0.15) is 5.82 Å². The van der Waals surface area contributed by atoms with Crippen molar-refractivity contribution >= 4 is 39.8 Å². The average Bonchev–Trinajstić information content (AvgIpc) is 2.93. The number of aromatic nitrogens is 2. The molecule has 2 N–H and O–H groups in total. The highest BCUT2D eigenvalue weighted by Gasteiger charge is 2.20. The maximum Gasteiger partial charge on any atom is 0.261 e. The van der Waals surface area contributed by atoms with Gasteiger partial charge in [-0.15, -0.1) is 0 Å². The first-order valence-corrected chi connectivity index (χ1v) is 7.76. The van der Waals surface area contributed by atoms with Gasteiger partial charge in [0.2, 0.25) is 0 Å². The van der Waals surface area contributed by atoms with Crippen LogP contribution >= 0.6 is 11.6 Å². The van der Waals surface area contributed by atoms with Gasteiger partial charge in [0.25, 0.3) is 5.56 Å². The summed E-state index contributed by atoms with van der Waals surface area (Å²) in [5.74, 6) is 0.725. The first-order valence-electron chi connectivity index (χ1n) is 7.38. The van der Waals surface area contributed by atoms with E-state index in [1.807, 2.05) is 24.3 Å². The van der Waals surface area contributed by atoms with E-state index < -0.39 is 0 Å². The predicted octanol–water partition coefficient (Wildman–Crippen LogP) is 3.58. The fraction of sp³-hybridized carbons (Fsp3) is 0.111. The van der Waals surface area contributed by atoms with Crippen molar-refractivity contribution in [2.75, 3.05) is 5.73 Å². The van der Waals surface area contributed by atoms with Crippen LogP contribution in [0.5, 0.6) is 0 Å². The van der Waals surface area contributed by atoms with Crippen molar-refractivity contribution in [1.29, 1.82) is 0 Å². The van der Waals surface area contributed by atoms with Crippen LogP contribution in [0, 0.1) is 0 Å². The van der Waals surface area contributed by atoms with E-state index in [0.29, 0.717) is 28.2 Å². The van der Waals surface area contributed by atoms with Crippen LogP contribution < -0.4 is 11.3 Å². The standard InChI is InChI=1S/C18H14ClN3O/c19-13-3-1-11(2-4-13)9-12-7-8-22-17(12)21-16-10-14(20)5-6-15(16)18(22)23/h1-6,9-10H,7-8,20H2. The molecule has 0 bridgehead atoms. The van der Waals surface area contributed by atoms with Crippen molar-refractivity contribution in [3.05, 3.63) is 69.2 Å². The van der Waals surface area contributed by atoms with Crippen LogP contribution in [0.4, 0.5) is 5.69 Å². The summed E-state index contributed by atoms with van der Waals surface area (Å²) >= 11 is 5.92. The van der Waals surface area contributed by atoms with Crippen LogP contribution in [0.2, 0.25) is 5.02 Å². The molecule has 0 saturated carbocycles. The molecule has 1 aromatic heterocycles. The fourth-order valence-corrected chi connectivity index (χ4v) is 3.06. The molecule has 114 valence electrons. The molecule has 3 aromatic rings. The molecule has 4 rings (SSSR count). The van der Waals surface area contributed by atoms with Crippen LogP contribution in [0.15, 0.2) is 47.3 Å². The first-order chi connectivity index (χ1) is 11.1. The van der Waals surface area contributed by atoms with Crippen molar-refractivity contribution in [2.24, 2.45) is 0 Å². The Morgan fingerprint density at radius 1 is 1.17 bits per heavy atom. The van der Waals surface area contributed by atoms with Gasteiger partial charge in [0.05, 0.1) is 10.9 Å². The van der Waals surface area contributed by atoms with Crippen molar-refractivity contribution < 1.29 is 0 Å². The van der Waals surface area contributed by atoms with Gasteiger partial charge in [-0.25, -0.2) is 4.98 Å². The van der Waals surface area contributed by atoms with Gasteiger partial charge < -0.3 is 5.73 Å². The molecule has 0 fully saturated rings. The van der Waals surface area contributed by atoms with Crippen LogP contribution in [0.25, 0.3) is 22.6 Å². The van der Waals surface area contributed by atoms with Gasteiger partial charge in [-0.2, -0.15) is 0 Å². The van der Waals surface area contributed by atoms with Crippen LogP contribution in [0.1, 0.15) is 17.8 Å². The molecular formula is C18H14ClN3O. The fourth-order valence-electron chi connectivity index (χ4n) is 2.93. The normalized spacial score (nSPS) is 15.3. The summed E-state index contributed by atoms with van der Waals surface area (Å²) in [6.07, 6.45) is 2.84. The molecule has 2 heterocycles. The van der Waals surface area contributed by atoms with E-state index in [1.54, 1.807) is 22.8 Å². The minimum absolute atomic E-state index is 0.00972. The average molecular weight is 324 g/mol. The highest BCUT2D eigenvalue weighted by Crippen LogP contribution is 2.28. The molecule has 5 heteroatoms. The van der Waals surface area contributed by atoms with Crippen molar-refractivity contribution in [3.8, 4) is 0 Å². The largest absolute Gasteiger partial charge is 0.399 e. The Morgan fingerprint density at radius 3 is 2.74 bits per heavy atom. The number of hydrogen-bond donors (Lipinski definition) is 1. The molecule has 0 spiro atoms. The molecule has 0 atom stereocenters. The third-order valence-corrected chi connectivity index (χ3v) is 4.33. The zero-order chi connectivity index (χ0) is 16.0. The number of fused-ring (bicyclic) bond motifs is 2. The minimum atomic E-state index is -0.00972. The van der Waals surface area contributed by atoms with Crippen molar-refractivity contribution in [1.82, 2.24) is 9.55 Å². The van der Waals surface area contributed by atoms with Crippen LogP contribution in [0.3, 0.4) is 0 Å². The number of rotatable bonds is 1. The minimum Gasteiger partial charge on any atom is -0.399 e. The Labute approximate surface area is 137 Å². The number of allylic oxidation sites excluding steroid dienone is 1. The smallest absolute Gasteiger partial charge is 0.261 e. The number of hydrogen-bond acceptors (Lipinski definition) is 3. The summed E-state index contributed by atoms with van der Waals surface area (Å²) in [5.41, 5.74) is 9.15. The lowest BCUT2D eigenvalue weighted by atomic mass is 10.1. The maximum atomic E-state index is 12.6. The maximum absolute atomic E-state index is 12.6. The summed E-state index contributed by atoms with van der Waals surface area (Å²) in [5, 5.41) is 1.31. The highest BCUT2D eigenvalue weighted by molar-refractivity contribution is 6.30. The molecule has 0 radical (unpaired) electrons. The molecule has 0 aliphatic carbocycles. The third-order valence-electron chi connectivity index (χ3n) is 4.08. The van der Waals surface area contributed by atoms with E-state index >= 15 is 0 Å². The highest BCUT2D eigenvalue weighted by atomic mass is 35.5. The van der Waals surface area contributed by atoms with Gasteiger partial charge in [-0.1, -0.05) is 23.7 Å². The monoisotopic (exact) mass is 323 g/mol. The second-order valence-electron chi connectivity index (χ2n) is 5.64. The lowest BCUT2D eigenvalue weighted by Gasteiger charge is -2.06. The molecule has 4 nitrogen and oxygen atoms in total. The van der Waals surface area contributed by atoms with E-state index in [9.17, 15) is 4.79 Å². The van der Waals surface area contributed by atoms with E-state index in [1.165, 1.54) is 0 Å². The summed E-state index contributed by atoms with van der Waals surface area (Å²) < 4.78 is 1.74. The molecule has 23 heavy (non-hydrogen) atoms. The second-order valence-corrected chi connectivity index (χ2v) is 6.08. The number of nitrogen functional groups attached to an aromatic ring is 1. The first kappa shape index (κ1) is 14.0. The zero-order valence-corrected chi connectivity index (χ0v) is 13.0. The number of benzene rings is 2. The Kier molecular flexibility index (Phi) is 3.20. The Morgan fingerprint density at radius 2 is 1.96 bits per heavy atom. The van der Waals surface area contributed by atoms with Gasteiger partial charge in [-0.3, -0.25) is 9.36 Å². The van der Waals surface area contributed by atoms with E-state index in [0.717, 1.165) is 23.4 Å². The number of nitrogens with two attached hydrogens (primary N) is 1. The predicted molar refractivity (Wildman–Crippen MR) is 94.4 cm³/mol. The molecule has 1 aliphatic rings. The van der Waals surface area contributed by atoms with Gasteiger partial charge >= 0.3 is 0 Å². The lowest BCUT2D eigenvalue weighted by Crippen LogP contribution is -2.20.